The Morgan fingerprint density at radius 3 is 2.39 bits per heavy atom. The number of primary amides is 2. The number of rotatable bonds is 5. The van der Waals surface area contributed by atoms with Gasteiger partial charge in [-0.15, -0.1) is 9.69 Å². The topological polar surface area (TPSA) is 157 Å². The summed E-state index contributed by atoms with van der Waals surface area (Å²) in [6.45, 7) is 5.43. The molecule has 0 saturated heterocycles. The summed E-state index contributed by atoms with van der Waals surface area (Å²) < 4.78 is 0.735. The summed E-state index contributed by atoms with van der Waals surface area (Å²) in [6, 6.07) is -1.82. The molecule has 0 saturated carbocycles. The van der Waals surface area contributed by atoms with Crippen molar-refractivity contribution in [3.8, 4) is 5.88 Å². The molecule has 0 bridgehead atoms. The van der Waals surface area contributed by atoms with Crippen LogP contribution in [0.3, 0.4) is 0 Å². The molecule has 1 aliphatic rings. The highest BCUT2D eigenvalue weighted by atomic mass is 16.3. The van der Waals surface area contributed by atoms with Gasteiger partial charge in [-0.25, -0.2) is 9.59 Å². The Morgan fingerprint density at radius 2 is 1.86 bits per heavy atom. The Kier molecular flexibility index (Phi) is 6.14. The van der Waals surface area contributed by atoms with Crippen LogP contribution in [0.5, 0.6) is 5.88 Å². The normalized spacial score (nSPS) is 16.3. The molecule has 4 amide bonds. The van der Waals surface area contributed by atoms with Crippen molar-refractivity contribution in [3.63, 3.8) is 0 Å². The molecule has 0 spiro atoms. The molecule has 1 aromatic rings. The van der Waals surface area contributed by atoms with Crippen LogP contribution < -0.4 is 11.5 Å². The number of amides is 4. The fourth-order valence-electron chi connectivity index (χ4n) is 2.57. The fraction of sp³-hybridized carbons (Fsp3) is 0.278. The van der Waals surface area contributed by atoms with Gasteiger partial charge in [-0.3, -0.25) is 4.79 Å². The molecule has 10 nitrogen and oxygen atoms in total. The molecule has 0 radical (unpaired) electrons. The minimum absolute atomic E-state index is 0.285. The maximum Gasteiger partial charge on any atom is 0.342 e. The first-order valence-corrected chi connectivity index (χ1v) is 8.60. The minimum atomic E-state index is -0.936. The zero-order valence-corrected chi connectivity index (χ0v) is 15.8. The number of hydrogen-bond donors (Lipinski definition) is 3. The van der Waals surface area contributed by atoms with E-state index in [0.717, 1.165) is 10.3 Å². The van der Waals surface area contributed by atoms with Crippen LogP contribution in [0, 0.1) is 0 Å². The van der Waals surface area contributed by atoms with E-state index in [1.807, 2.05) is 13.8 Å². The summed E-state index contributed by atoms with van der Waals surface area (Å²) >= 11 is 0. The van der Waals surface area contributed by atoms with Crippen molar-refractivity contribution in [2.75, 3.05) is 0 Å². The van der Waals surface area contributed by atoms with E-state index in [2.05, 4.69) is 10.2 Å². The molecule has 0 aliphatic carbocycles. The lowest BCUT2D eigenvalue weighted by Gasteiger charge is -2.03. The van der Waals surface area contributed by atoms with Crippen molar-refractivity contribution in [3.05, 3.63) is 40.6 Å². The molecular weight excluding hydrogens is 364 g/mol. The quantitative estimate of drug-likeness (QED) is 0.518. The number of hydrazone groups is 1. The molecule has 0 aromatic carbocycles. The average molecular weight is 386 g/mol. The third-order valence-electron chi connectivity index (χ3n) is 4.04. The lowest BCUT2D eigenvalue weighted by molar-refractivity contribution is -0.122. The van der Waals surface area contributed by atoms with Crippen LogP contribution in [0.2, 0.25) is 0 Å². The lowest BCUT2D eigenvalue weighted by atomic mass is 10.1. The van der Waals surface area contributed by atoms with E-state index in [1.54, 1.807) is 31.2 Å². The van der Waals surface area contributed by atoms with Gasteiger partial charge >= 0.3 is 12.1 Å². The van der Waals surface area contributed by atoms with E-state index in [0.29, 0.717) is 34.8 Å². The smallest absolute Gasteiger partial charge is 0.342 e. The van der Waals surface area contributed by atoms with Gasteiger partial charge in [-0.1, -0.05) is 31.6 Å². The maximum atomic E-state index is 12.2. The number of nitrogens with zero attached hydrogens (tertiary/aromatic N) is 4. The highest BCUT2D eigenvalue weighted by Crippen LogP contribution is 2.24. The molecular formula is C18H22N6O4. The molecule has 2 rings (SSSR count). The number of carbonyl (C=O) groups is 3. The second kappa shape index (κ2) is 8.33. The number of hydrogen-bond acceptors (Lipinski definition) is 6. The number of imide groups is 1. The van der Waals surface area contributed by atoms with Crippen molar-refractivity contribution < 1.29 is 19.5 Å². The predicted octanol–water partition coefficient (Wildman–Crippen LogP) is 1.65. The second-order valence-corrected chi connectivity index (χ2v) is 5.97. The predicted molar refractivity (Wildman–Crippen MR) is 103 cm³/mol. The van der Waals surface area contributed by atoms with Gasteiger partial charge in [0.1, 0.15) is 0 Å². The lowest BCUT2D eigenvalue weighted by Crippen LogP contribution is -2.33. The van der Waals surface area contributed by atoms with Gasteiger partial charge in [0.05, 0.1) is 22.5 Å². The van der Waals surface area contributed by atoms with E-state index in [1.165, 1.54) is 0 Å². The average Bonchev–Trinajstić information content (AvgIpc) is 3.14. The standard InChI is InChI=1S/C18H22N6O4/c1-4-13-11(15(25)23(21-13)17(19)27)8-6-10(3)7-9-12-14(5-2)22-24(16(12)26)18(20)28/h6-9,25H,4-5H2,1-3H3,(H2,19,27)(H2,20,28). The minimum Gasteiger partial charge on any atom is -0.493 e. The van der Waals surface area contributed by atoms with Crippen molar-refractivity contribution in [1.29, 1.82) is 0 Å². The summed E-state index contributed by atoms with van der Waals surface area (Å²) in [5.41, 5.74) is 12.7. The van der Waals surface area contributed by atoms with Gasteiger partial charge in [-0.2, -0.15) is 10.2 Å². The van der Waals surface area contributed by atoms with E-state index < -0.39 is 18.0 Å². The number of aromatic hydroxyl groups is 1. The Morgan fingerprint density at radius 1 is 1.18 bits per heavy atom. The van der Waals surface area contributed by atoms with Crippen molar-refractivity contribution >= 4 is 29.8 Å². The van der Waals surface area contributed by atoms with Gasteiger partial charge in [0.2, 0.25) is 5.88 Å². The molecule has 1 aromatic heterocycles. The van der Waals surface area contributed by atoms with Crippen LogP contribution in [0.25, 0.3) is 6.08 Å². The monoisotopic (exact) mass is 386 g/mol. The first-order valence-electron chi connectivity index (χ1n) is 8.60. The first kappa shape index (κ1) is 20.6. The number of allylic oxidation sites excluding steroid dienone is 4. The van der Waals surface area contributed by atoms with Crippen molar-refractivity contribution in [2.24, 2.45) is 16.6 Å². The zero-order valence-electron chi connectivity index (χ0n) is 15.8. The highest BCUT2D eigenvalue weighted by molar-refractivity contribution is 6.27. The third kappa shape index (κ3) is 4.00. The fourth-order valence-corrected chi connectivity index (χ4v) is 2.57. The Labute approximate surface area is 161 Å². The Bertz CT molecular complexity index is 952. The summed E-state index contributed by atoms with van der Waals surface area (Å²) in [6.07, 6.45) is 7.47. The summed E-state index contributed by atoms with van der Waals surface area (Å²) in [4.78, 5) is 34.8. The molecule has 28 heavy (non-hydrogen) atoms. The second-order valence-electron chi connectivity index (χ2n) is 5.97. The largest absolute Gasteiger partial charge is 0.493 e. The first-order chi connectivity index (χ1) is 13.2. The molecule has 148 valence electrons. The van der Waals surface area contributed by atoms with Crippen LogP contribution in [-0.2, 0) is 11.2 Å². The molecule has 0 atom stereocenters. The van der Waals surface area contributed by atoms with Crippen LogP contribution >= 0.6 is 0 Å². The van der Waals surface area contributed by atoms with Gasteiger partial charge in [0.25, 0.3) is 5.91 Å². The van der Waals surface area contributed by atoms with Gasteiger partial charge in [-0.05, 0) is 31.9 Å². The van der Waals surface area contributed by atoms with Crippen molar-refractivity contribution in [2.45, 2.75) is 33.6 Å². The SMILES string of the molecule is CCC1=NN(C(N)=O)C(=O)C1=CC=C(C)C=Cc1c(CC)nn(C(N)=O)c1O. The molecule has 10 heteroatoms. The number of urea groups is 1. The molecule has 5 N–H and O–H groups in total. The Hall–Kier alpha value is -3.69. The number of aryl methyl sites for hydroxylation is 1. The van der Waals surface area contributed by atoms with Crippen LogP contribution in [-0.4, -0.2) is 43.6 Å². The number of aromatic nitrogens is 2. The van der Waals surface area contributed by atoms with Gasteiger partial charge in [0, 0.05) is 0 Å². The van der Waals surface area contributed by atoms with E-state index in [4.69, 9.17) is 11.5 Å². The van der Waals surface area contributed by atoms with Crippen LogP contribution in [0.15, 0.2) is 34.5 Å². The summed E-state index contributed by atoms with van der Waals surface area (Å²) in [7, 11) is 0. The third-order valence-corrected chi connectivity index (χ3v) is 4.04. The maximum absolute atomic E-state index is 12.2. The van der Waals surface area contributed by atoms with Crippen molar-refractivity contribution in [1.82, 2.24) is 14.8 Å². The number of nitrogens with two attached hydrogens (primary N) is 2. The number of carbonyl (C=O) groups excluding carboxylic acids is 3. The van der Waals surface area contributed by atoms with E-state index in [9.17, 15) is 19.5 Å². The van der Waals surface area contributed by atoms with Gasteiger partial charge in [0.15, 0.2) is 0 Å². The summed E-state index contributed by atoms with van der Waals surface area (Å²) in [5, 5.41) is 18.6. The van der Waals surface area contributed by atoms with E-state index >= 15 is 0 Å². The summed E-state index contributed by atoms with van der Waals surface area (Å²) in [5.74, 6) is -0.916. The van der Waals surface area contributed by atoms with Gasteiger partial charge < -0.3 is 16.6 Å². The highest BCUT2D eigenvalue weighted by Gasteiger charge is 2.31. The van der Waals surface area contributed by atoms with Crippen LogP contribution in [0.4, 0.5) is 9.59 Å². The molecule has 2 heterocycles. The molecule has 0 fully saturated rings. The van der Waals surface area contributed by atoms with Crippen LogP contribution in [0.1, 0.15) is 38.4 Å². The Balaban J connectivity index is 2.29. The zero-order chi connectivity index (χ0) is 21.0. The van der Waals surface area contributed by atoms with E-state index in [-0.39, 0.29) is 11.5 Å². The molecule has 1 aliphatic heterocycles. The molecule has 0 unspecified atom stereocenters.